The zero-order chi connectivity index (χ0) is 19.8. The van der Waals surface area contributed by atoms with Gasteiger partial charge in [-0.3, -0.25) is 19.0 Å². The Bertz CT molecular complexity index is 998. The second kappa shape index (κ2) is 9.32. The molecule has 0 fully saturated rings. The molecule has 0 radical (unpaired) electrons. The largest absolute Gasteiger partial charge is 0.350 e. The monoisotopic (exact) mass is 375 g/mol. The number of aromatic nitrogens is 1. The minimum Gasteiger partial charge on any atom is -0.350 e. The summed E-state index contributed by atoms with van der Waals surface area (Å²) in [6.07, 6.45) is 0. The van der Waals surface area contributed by atoms with Crippen LogP contribution in [-0.2, 0) is 24.4 Å². The minimum absolute atomic E-state index is 0.151. The van der Waals surface area contributed by atoms with E-state index in [0.29, 0.717) is 13.1 Å². The van der Waals surface area contributed by atoms with Crippen LogP contribution in [0.15, 0.2) is 83.7 Å². The molecule has 2 N–H and O–H groups in total. The molecule has 0 spiro atoms. The van der Waals surface area contributed by atoms with Crippen molar-refractivity contribution in [3.63, 3.8) is 0 Å². The molecule has 2 aromatic carbocycles. The third-order valence-electron chi connectivity index (χ3n) is 4.21. The summed E-state index contributed by atoms with van der Waals surface area (Å²) in [7, 11) is 0. The molecule has 0 aliphatic carbocycles. The van der Waals surface area contributed by atoms with Crippen LogP contribution in [0.1, 0.15) is 21.6 Å². The molecular weight excluding hydrogens is 354 g/mol. The van der Waals surface area contributed by atoms with Gasteiger partial charge in [0, 0.05) is 19.2 Å². The lowest BCUT2D eigenvalue weighted by Gasteiger charge is -2.13. The van der Waals surface area contributed by atoms with E-state index in [9.17, 15) is 14.4 Å². The summed E-state index contributed by atoms with van der Waals surface area (Å²) in [4.78, 5) is 37.1. The van der Waals surface area contributed by atoms with Gasteiger partial charge in [-0.05, 0) is 17.2 Å². The van der Waals surface area contributed by atoms with Gasteiger partial charge in [0.15, 0.2) is 0 Å². The number of nitrogens with zero attached hydrogens (tertiary/aromatic N) is 1. The summed E-state index contributed by atoms with van der Waals surface area (Å²) in [5, 5.41) is 5.55. The number of amides is 2. The van der Waals surface area contributed by atoms with Gasteiger partial charge in [-0.25, -0.2) is 0 Å². The topological polar surface area (TPSA) is 80.2 Å². The Morgan fingerprint density at radius 2 is 1.29 bits per heavy atom. The molecule has 28 heavy (non-hydrogen) atoms. The van der Waals surface area contributed by atoms with E-state index in [1.54, 1.807) is 0 Å². The first-order chi connectivity index (χ1) is 13.6. The second-order valence-electron chi connectivity index (χ2n) is 6.27. The molecule has 0 aliphatic rings. The summed E-state index contributed by atoms with van der Waals surface area (Å²) in [5.41, 5.74) is 1.65. The SMILES string of the molecule is O=C(Cn1c(C(=O)NCc2ccccc2)cccc1=O)NCc1ccccc1. The first kappa shape index (κ1) is 19.1. The van der Waals surface area contributed by atoms with Crippen LogP contribution in [0.2, 0.25) is 0 Å². The van der Waals surface area contributed by atoms with Crippen molar-refractivity contribution in [2.45, 2.75) is 19.6 Å². The summed E-state index contributed by atoms with van der Waals surface area (Å²) in [5.74, 6) is -0.744. The number of hydrogen-bond acceptors (Lipinski definition) is 3. The van der Waals surface area contributed by atoms with Crippen molar-refractivity contribution in [2.24, 2.45) is 0 Å². The van der Waals surface area contributed by atoms with Gasteiger partial charge in [-0.15, -0.1) is 0 Å². The molecule has 6 nitrogen and oxygen atoms in total. The third-order valence-corrected chi connectivity index (χ3v) is 4.21. The molecule has 3 rings (SSSR count). The number of nitrogens with one attached hydrogen (secondary N) is 2. The van der Waals surface area contributed by atoms with Crippen LogP contribution in [-0.4, -0.2) is 16.4 Å². The Labute approximate surface area is 162 Å². The number of carbonyl (C=O) groups is 2. The van der Waals surface area contributed by atoms with Crippen LogP contribution >= 0.6 is 0 Å². The van der Waals surface area contributed by atoms with Gasteiger partial charge in [0.25, 0.3) is 11.5 Å². The van der Waals surface area contributed by atoms with E-state index in [1.807, 2.05) is 60.7 Å². The van der Waals surface area contributed by atoms with Gasteiger partial charge in [0.1, 0.15) is 12.2 Å². The number of rotatable bonds is 7. The fourth-order valence-electron chi connectivity index (χ4n) is 2.75. The molecule has 0 aliphatic heterocycles. The van der Waals surface area contributed by atoms with E-state index in [0.717, 1.165) is 11.1 Å². The van der Waals surface area contributed by atoms with E-state index in [2.05, 4.69) is 10.6 Å². The van der Waals surface area contributed by atoms with E-state index in [4.69, 9.17) is 0 Å². The third kappa shape index (κ3) is 5.17. The normalized spacial score (nSPS) is 10.3. The van der Waals surface area contributed by atoms with E-state index in [-0.39, 0.29) is 18.1 Å². The standard InChI is InChI=1S/C22H21N3O3/c26-20(23-14-17-8-3-1-4-9-17)16-25-19(12-7-13-21(25)27)22(28)24-15-18-10-5-2-6-11-18/h1-13H,14-16H2,(H,23,26)(H,24,28). The Morgan fingerprint density at radius 3 is 1.89 bits per heavy atom. The van der Waals surface area contributed by atoms with Crippen molar-refractivity contribution >= 4 is 11.8 Å². The quantitative estimate of drug-likeness (QED) is 0.664. The van der Waals surface area contributed by atoms with E-state index < -0.39 is 11.5 Å². The predicted molar refractivity (Wildman–Crippen MR) is 107 cm³/mol. The summed E-state index contributed by atoms with van der Waals surface area (Å²) < 4.78 is 1.18. The maximum atomic E-state index is 12.5. The molecule has 0 saturated heterocycles. The lowest BCUT2D eigenvalue weighted by molar-refractivity contribution is -0.121. The zero-order valence-electron chi connectivity index (χ0n) is 15.3. The lowest BCUT2D eigenvalue weighted by Crippen LogP contribution is -2.36. The van der Waals surface area contributed by atoms with Gasteiger partial charge >= 0.3 is 0 Å². The Kier molecular flexibility index (Phi) is 6.36. The number of pyridine rings is 1. The molecular formula is C22H21N3O3. The maximum Gasteiger partial charge on any atom is 0.268 e. The second-order valence-corrected chi connectivity index (χ2v) is 6.27. The molecule has 3 aromatic rings. The van der Waals surface area contributed by atoms with Gasteiger partial charge in [-0.1, -0.05) is 66.7 Å². The molecule has 0 bridgehead atoms. The average Bonchev–Trinajstić information content (AvgIpc) is 2.73. The lowest BCUT2D eigenvalue weighted by atomic mass is 10.2. The number of carbonyl (C=O) groups excluding carboxylic acids is 2. The first-order valence-electron chi connectivity index (χ1n) is 8.96. The maximum absolute atomic E-state index is 12.5. The van der Waals surface area contributed by atoms with E-state index in [1.165, 1.54) is 22.8 Å². The highest BCUT2D eigenvalue weighted by molar-refractivity contribution is 5.93. The average molecular weight is 375 g/mol. The minimum atomic E-state index is -0.405. The summed E-state index contributed by atoms with van der Waals surface area (Å²) in [6.45, 7) is 0.473. The van der Waals surface area contributed by atoms with Crippen LogP contribution < -0.4 is 16.2 Å². The van der Waals surface area contributed by atoms with Crippen molar-refractivity contribution in [1.29, 1.82) is 0 Å². The molecule has 2 amide bonds. The van der Waals surface area contributed by atoms with Gasteiger partial charge in [-0.2, -0.15) is 0 Å². The van der Waals surface area contributed by atoms with Gasteiger partial charge < -0.3 is 10.6 Å². The van der Waals surface area contributed by atoms with Crippen LogP contribution in [0.5, 0.6) is 0 Å². The Morgan fingerprint density at radius 1 is 0.714 bits per heavy atom. The highest BCUT2D eigenvalue weighted by atomic mass is 16.2. The molecule has 0 atom stereocenters. The number of benzene rings is 2. The first-order valence-corrected chi connectivity index (χ1v) is 8.96. The molecule has 6 heteroatoms. The van der Waals surface area contributed by atoms with E-state index >= 15 is 0 Å². The molecule has 1 heterocycles. The van der Waals surface area contributed by atoms with Crippen molar-refractivity contribution < 1.29 is 9.59 Å². The van der Waals surface area contributed by atoms with Crippen LogP contribution in [0.4, 0.5) is 0 Å². The fourth-order valence-corrected chi connectivity index (χ4v) is 2.75. The number of hydrogen-bond donors (Lipinski definition) is 2. The van der Waals surface area contributed by atoms with Crippen LogP contribution in [0, 0.1) is 0 Å². The molecule has 0 unspecified atom stereocenters. The predicted octanol–water partition coefficient (Wildman–Crippen LogP) is 2.09. The fraction of sp³-hybridized carbons (Fsp3) is 0.136. The van der Waals surface area contributed by atoms with Crippen LogP contribution in [0.3, 0.4) is 0 Å². The smallest absolute Gasteiger partial charge is 0.268 e. The summed E-state index contributed by atoms with van der Waals surface area (Å²) >= 11 is 0. The van der Waals surface area contributed by atoms with Crippen LogP contribution in [0.25, 0.3) is 0 Å². The Balaban J connectivity index is 1.66. The van der Waals surface area contributed by atoms with Gasteiger partial charge in [0.2, 0.25) is 5.91 Å². The Hall–Kier alpha value is -3.67. The highest BCUT2D eigenvalue weighted by Gasteiger charge is 2.14. The molecule has 142 valence electrons. The van der Waals surface area contributed by atoms with Crippen molar-refractivity contribution in [3.8, 4) is 0 Å². The molecule has 1 aromatic heterocycles. The zero-order valence-corrected chi connectivity index (χ0v) is 15.3. The summed E-state index contributed by atoms with van der Waals surface area (Å²) in [6, 6.07) is 23.3. The van der Waals surface area contributed by atoms with Crippen molar-refractivity contribution in [2.75, 3.05) is 0 Å². The highest BCUT2D eigenvalue weighted by Crippen LogP contribution is 2.02. The van der Waals surface area contributed by atoms with Crippen molar-refractivity contribution in [1.82, 2.24) is 15.2 Å². The molecule has 0 saturated carbocycles. The van der Waals surface area contributed by atoms with Gasteiger partial charge in [0.05, 0.1) is 0 Å². The van der Waals surface area contributed by atoms with Crippen molar-refractivity contribution in [3.05, 3.63) is 106 Å².